The molecular formula is C19H19N3O3S2. The van der Waals surface area contributed by atoms with Crippen LogP contribution < -0.4 is 15.4 Å². The predicted molar refractivity (Wildman–Crippen MR) is 108 cm³/mol. The fraction of sp³-hybridized carbons (Fsp3) is 0.211. The number of nitrogens with zero attached hydrogens (tertiary/aromatic N) is 1. The summed E-state index contributed by atoms with van der Waals surface area (Å²) >= 11 is 2.67. The van der Waals surface area contributed by atoms with Crippen molar-refractivity contribution in [1.29, 1.82) is 0 Å². The van der Waals surface area contributed by atoms with Gasteiger partial charge in [-0.1, -0.05) is 24.3 Å². The molecule has 0 aliphatic carbocycles. The Morgan fingerprint density at radius 1 is 1.19 bits per heavy atom. The Morgan fingerprint density at radius 3 is 2.74 bits per heavy atom. The van der Waals surface area contributed by atoms with E-state index in [1.807, 2.05) is 42.6 Å². The van der Waals surface area contributed by atoms with Gasteiger partial charge < -0.3 is 10.1 Å². The van der Waals surface area contributed by atoms with Crippen LogP contribution in [0.5, 0.6) is 5.75 Å². The van der Waals surface area contributed by atoms with Crippen molar-refractivity contribution in [2.75, 3.05) is 12.4 Å². The third-order valence-electron chi connectivity index (χ3n) is 3.84. The number of nitrogens with one attached hydrogen (secondary N) is 2. The van der Waals surface area contributed by atoms with Crippen molar-refractivity contribution < 1.29 is 14.3 Å². The Kier molecular flexibility index (Phi) is 6.20. The van der Waals surface area contributed by atoms with Crippen molar-refractivity contribution in [1.82, 2.24) is 10.3 Å². The minimum atomic E-state index is -0.194. The number of anilines is 1. The Hall–Kier alpha value is -2.71. The van der Waals surface area contributed by atoms with Crippen molar-refractivity contribution in [3.63, 3.8) is 0 Å². The van der Waals surface area contributed by atoms with Crippen LogP contribution in [0.1, 0.15) is 33.9 Å². The molecule has 0 bridgehead atoms. The number of rotatable bonds is 7. The van der Waals surface area contributed by atoms with Crippen molar-refractivity contribution >= 4 is 39.6 Å². The predicted octanol–water partition coefficient (Wildman–Crippen LogP) is 3.89. The van der Waals surface area contributed by atoms with E-state index >= 15 is 0 Å². The molecule has 8 heteroatoms. The molecule has 27 heavy (non-hydrogen) atoms. The fourth-order valence-electron chi connectivity index (χ4n) is 2.57. The van der Waals surface area contributed by atoms with E-state index < -0.39 is 0 Å². The molecule has 2 amide bonds. The van der Waals surface area contributed by atoms with Crippen LogP contribution in [0.4, 0.5) is 5.13 Å². The first kappa shape index (κ1) is 19.1. The van der Waals surface area contributed by atoms with Gasteiger partial charge in [0.25, 0.3) is 5.91 Å². The molecule has 2 N–H and O–H groups in total. The van der Waals surface area contributed by atoms with E-state index in [4.69, 9.17) is 4.74 Å². The van der Waals surface area contributed by atoms with Crippen LogP contribution in [0.15, 0.2) is 47.2 Å². The summed E-state index contributed by atoms with van der Waals surface area (Å²) in [6.45, 7) is 1.91. The van der Waals surface area contributed by atoms with Gasteiger partial charge in [0.2, 0.25) is 5.91 Å². The molecule has 1 aromatic carbocycles. The van der Waals surface area contributed by atoms with Gasteiger partial charge in [-0.3, -0.25) is 14.9 Å². The standard InChI is InChI=1S/C19H19N3O3S2/c1-12(14-6-3-4-7-15(14)25-2)20-17(23)10-13-11-27-19(21-13)22-18(24)16-8-5-9-26-16/h3-9,11-12H,10H2,1-2H3,(H,20,23)(H,21,22,24)/t12-/m0/s1. The third kappa shape index (κ3) is 4.93. The molecular weight excluding hydrogens is 382 g/mol. The lowest BCUT2D eigenvalue weighted by Gasteiger charge is -2.16. The zero-order valence-electron chi connectivity index (χ0n) is 14.9. The van der Waals surface area contributed by atoms with Crippen molar-refractivity contribution in [2.24, 2.45) is 0 Å². The second kappa shape index (κ2) is 8.79. The number of amides is 2. The molecule has 3 aromatic rings. The highest BCUT2D eigenvalue weighted by Crippen LogP contribution is 2.24. The smallest absolute Gasteiger partial charge is 0.267 e. The highest BCUT2D eigenvalue weighted by molar-refractivity contribution is 7.14. The maximum atomic E-state index is 12.3. The summed E-state index contributed by atoms with van der Waals surface area (Å²) in [5.74, 6) is 0.396. The van der Waals surface area contributed by atoms with Crippen molar-refractivity contribution in [2.45, 2.75) is 19.4 Å². The highest BCUT2D eigenvalue weighted by atomic mass is 32.1. The number of hydrogen-bond donors (Lipinski definition) is 2. The van der Waals surface area contributed by atoms with E-state index in [-0.39, 0.29) is 24.3 Å². The first-order chi connectivity index (χ1) is 13.1. The number of aromatic nitrogens is 1. The number of methoxy groups -OCH3 is 1. The SMILES string of the molecule is COc1ccccc1[C@H](C)NC(=O)Cc1csc(NC(=O)c2cccs2)n1. The summed E-state index contributed by atoms with van der Waals surface area (Å²) in [6, 6.07) is 11.0. The second-order valence-electron chi connectivity index (χ2n) is 5.78. The number of carbonyl (C=O) groups excluding carboxylic acids is 2. The van der Waals surface area contributed by atoms with E-state index in [0.29, 0.717) is 15.7 Å². The largest absolute Gasteiger partial charge is 0.496 e. The van der Waals surface area contributed by atoms with Gasteiger partial charge >= 0.3 is 0 Å². The summed E-state index contributed by atoms with van der Waals surface area (Å²) in [7, 11) is 1.61. The van der Waals surface area contributed by atoms with Gasteiger partial charge in [-0.25, -0.2) is 4.98 Å². The fourth-order valence-corrected chi connectivity index (χ4v) is 3.90. The van der Waals surface area contributed by atoms with E-state index in [1.165, 1.54) is 22.7 Å². The molecule has 0 spiro atoms. The maximum Gasteiger partial charge on any atom is 0.267 e. The summed E-state index contributed by atoms with van der Waals surface area (Å²) in [6.07, 6.45) is 0.144. The maximum absolute atomic E-state index is 12.3. The summed E-state index contributed by atoms with van der Waals surface area (Å²) < 4.78 is 5.34. The Balaban J connectivity index is 1.57. The summed E-state index contributed by atoms with van der Waals surface area (Å²) in [5.41, 5.74) is 1.53. The lowest BCUT2D eigenvalue weighted by atomic mass is 10.1. The zero-order valence-corrected chi connectivity index (χ0v) is 16.5. The van der Waals surface area contributed by atoms with E-state index in [1.54, 1.807) is 18.6 Å². The molecule has 0 saturated heterocycles. The molecule has 2 heterocycles. The number of thiazole rings is 1. The number of thiophene rings is 1. The normalized spacial score (nSPS) is 11.6. The van der Waals surface area contributed by atoms with Crippen LogP contribution in [0.2, 0.25) is 0 Å². The zero-order chi connectivity index (χ0) is 19.2. The molecule has 2 aromatic heterocycles. The van der Waals surface area contributed by atoms with Crippen molar-refractivity contribution in [3.8, 4) is 5.75 Å². The average molecular weight is 402 g/mol. The molecule has 0 aliphatic rings. The van der Waals surface area contributed by atoms with Gasteiger partial charge in [0.05, 0.1) is 30.1 Å². The summed E-state index contributed by atoms with van der Waals surface area (Å²) in [5, 5.41) is 9.80. The first-order valence-corrected chi connectivity index (χ1v) is 10.0. The Bertz CT molecular complexity index is 922. The van der Waals surface area contributed by atoms with Crippen LogP contribution in [0.3, 0.4) is 0 Å². The highest BCUT2D eigenvalue weighted by Gasteiger charge is 2.16. The van der Waals surface area contributed by atoms with Gasteiger partial charge in [0.15, 0.2) is 5.13 Å². The molecule has 0 unspecified atom stereocenters. The van der Waals surface area contributed by atoms with Gasteiger partial charge in [0.1, 0.15) is 5.75 Å². The third-order valence-corrected chi connectivity index (χ3v) is 5.52. The monoisotopic (exact) mass is 401 g/mol. The number of hydrogen-bond acceptors (Lipinski definition) is 6. The number of para-hydroxylation sites is 1. The van der Waals surface area contributed by atoms with Crippen LogP contribution in [-0.4, -0.2) is 23.9 Å². The number of carbonyl (C=O) groups is 2. The van der Waals surface area contributed by atoms with Crippen LogP contribution >= 0.6 is 22.7 Å². The second-order valence-corrected chi connectivity index (χ2v) is 7.59. The minimum absolute atomic E-state index is 0.144. The Labute approximate surface area is 165 Å². The molecule has 3 rings (SSSR count). The topological polar surface area (TPSA) is 80.3 Å². The molecule has 1 atom stereocenters. The summed E-state index contributed by atoms with van der Waals surface area (Å²) in [4.78, 5) is 29.3. The lowest BCUT2D eigenvalue weighted by Crippen LogP contribution is -2.28. The van der Waals surface area contributed by atoms with Crippen LogP contribution in [0, 0.1) is 0 Å². The van der Waals surface area contributed by atoms with Crippen molar-refractivity contribution in [3.05, 3.63) is 63.3 Å². The molecule has 0 saturated carbocycles. The van der Waals surface area contributed by atoms with Gasteiger partial charge in [-0.05, 0) is 24.4 Å². The van der Waals surface area contributed by atoms with Crippen LogP contribution in [0.25, 0.3) is 0 Å². The van der Waals surface area contributed by atoms with E-state index in [9.17, 15) is 9.59 Å². The molecule has 6 nitrogen and oxygen atoms in total. The number of benzene rings is 1. The molecule has 0 radical (unpaired) electrons. The molecule has 0 aliphatic heterocycles. The van der Waals surface area contributed by atoms with E-state index in [0.717, 1.165) is 11.3 Å². The lowest BCUT2D eigenvalue weighted by molar-refractivity contribution is -0.121. The van der Waals surface area contributed by atoms with Gasteiger partial charge in [-0.15, -0.1) is 22.7 Å². The van der Waals surface area contributed by atoms with Crippen LogP contribution in [-0.2, 0) is 11.2 Å². The Morgan fingerprint density at radius 2 is 2.00 bits per heavy atom. The first-order valence-electron chi connectivity index (χ1n) is 8.28. The molecule has 140 valence electrons. The van der Waals surface area contributed by atoms with E-state index in [2.05, 4.69) is 15.6 Å². The average Bonchev–Trinajstić information content (AvgIpc) is 3.33. The van der Waals surface area contributed by atoms with Gasteiger partial charge in [0, 0.05) is 10.9 Å². The number of ether oxygens (including phenoxy) is 1. The minimum Gasteiger partial charge on any atom is -0.496 e. The molecule has 0 fully saturated rings. The van der Waals surface area contributed by atoms with Gasteiger partial charge in [-0.2, -0.15) is 0 Å². The quantitative estimate of drug-likeness (QED) is 0.629.